The molecule has 0 aliphatic carbocycles. The van der Waals surface area contributed by atoms with E-state index in [1.807, 2.05) is 26.0 Å². The van der Waals surface area contributed by atoms with Crippen molar-refractivity contribution in [3.05, 3.63) is 22.2 Å². The van der Waals surface area contributed by atoms with E-state index in [1.165, 1.54) is 0 Å². The van der Waals surface area contributed by atoms with Gasteiger partial charge in [-0.15, -0.1) is 0 Å². The normalized spacial score (nSPS) is 11.8. The number of benzene rings is 1. The zero-order valence-corrected chi connectivity index (χ0v) is 12.5. The molecule has 0 amide bonds. The predicted octanol–water partition coefficient (Wildman–Crippen LogP) is 3.47. The molecule has 17 heavy (non-hydrogen) atoms. The Bertz CT molecular complexity index is 394. The van der Waals surface area contributed by atoms with Crippen LogP contribution in [-0.2, 0) is 5.60 Å². The van der Waals surface area contributed by atoms with Crippen molar-refractivity contribution in [2.45, 2.75) is 39.4 Å². The molecule has 96 valence electrons. The molecule has 0 unspecified atom stereocenters. The number of halogens is 1. The molecule has 0 saturated heterocycles. The number of hydrogen-bond acceptors (Lipinski definition) is 3. The molecule has 0 aliphatic heterocycles. The van der Waals surface area contributed by atoms with Gasteiger partial charge in [-0.2, -0.15) is 0 Å². The fourth-order valence-corrected chi connectivity index (χ4v) is 1.97. The molecule has 0 spiro atoms. The Balaban J connectivity index is 3.39. The Kier molecular flexibility index (Phi) is 4.44. The van der Waals surface area contributed by atoms with E-state index in [4.69, 9.17) is 9.47 Å². The second-order valence-corrected chi connectivity index (χ2v) is 5.63. The second kappa shape index (κ2) is 5.27. The number of ether oxygens (including phenoxy) is 2. The number of aliphatic hydroxyl groups is 1. The lowest BCUT2D eigenvalue weighted by atomic mass is 9.97. The monoisotopic (exact) mass is 302 g/mol. The maximum Gasteiger partial charge on any atom is 0.167 e. The van der Waals surface area contributed by atoms with Crippen LogP contribution < -0.4 is 9.47 Å². The molecule has 0 aromatic heterocycles. The Hall–Kier alpha value is -0.740. The lowest BCUT2D eigenvalue weighted by molar-refractivity contribution is 0.0724. The van der Waals surface area contributed by atoms with Crippen molar-refractivity contribution in [3.63, 3.8) is 0 Å². The maximum absolute atomic E-state index is 10.2. The van der Waals surface area contributed by atoms with Crippen LogP contribution in [0.1, 0.15) is 33.3 Å². The molecule has 1 aromatic carbocycles. The Morgan fingerprint density at radius 2 is 1.88 bits per heavy atom. The van der Waals surface area contributed by atoms with Crippen molar-refractivity contribution >= 4 is 15.9 Å². The van der Waals surface area contributed by atoms with Crippen LogP contribution in [-0.4, -0.2) is 18.3 Å². The molecule has 0 atom stereocenters. The summed E-state index contributed by atoms with van der Waals surface area (Å²) in [4.78, 5) is 0. The van der Waals surface area contributed by atoms with Crippen molar-refractivity contribution in [3.8, 4) is 11.5 Å². The Labute approximate surface area is 111 Å². The van der Waals surface area contributed by atoms with Gasteiger partial charge < -0.3 is 14.6 Å². The number of methoxy groups -OCH3 is 1. The summed E-state index contributed by atoms with van der Waals surface area (Å²) in [6, 6.07) is 3.67. The van der Waals surface area contributed by atoms with Crippen molar-refractivity contribution < 1.29 is 14.6 Å². The molecule has 0 bridgehead atoms. The van der Waals surface area contributed by atoms with Crippen molar-refractivity contribution in [1.29, 1.82) is 0 Å². The lowest BCUT2D eigenvalue weighted by Gasteiger charge is -2.25. The van der Waals surface area contributed by atoms with Gasteiger partial charge >= 0.3 is 0 Å². The van der Waals surface area contributed by atoms with Gasteiger partial charge in [0.15, 0.2) is 11.5 Å². The third-order valence-corrected chi connectivity index (χ3v) is 2.71. The summed E-state index contributed by atoms with van der Waals surface area (Å²) < 4.78 is 11.9. The van der Waals surface area contributed by atoms with E-state index < -0.39 is 5.60 Å². The molecule has 3 nitrogen and oxygen atoms in total. The summed E-state index contributed by atoms with van der Waals surface area (Å²) in [7, 11) is 1.59. The average molecular weight is 303 g/mol. The van der Waals surface area contributed by atoms with Crippen LogP contribution in [0, 0.1) is 0 Å². The van der Waals surface area contributed by atoms with Crippen molar-refractivity contribution in [1.82, 2.24) is 0 Å². The second-order valence-electron chi connectivity index (χ2n) is 4.71. The topological polar surface area (TPSA) is 38.7 Å². The molecule has 1 N–H and O–H groups in total. The minimum absolute atomic E-state index is 0.0196. The average Bonchev–Trinajstić information content (AvgIpc) is 2.17. The van der Waals surface area contributed by atoms with E-state index in [9.17, 15) is 5.11 Å². The molecule has 0 aliphatic rings. The fourth-order valence-electron chi connectivity index (χ4n) is 1.53. The minimum atomic E-state index is -0.985. The lowest BCUT2D eigenvalue weighted by Crippen LogP contribution is -2.19. The molecular weight excluding hydrogens is 284 g/mol. The van der Waals surface area contributed by atoms with Gasteiger partial charge in [-0.25, -0.2) is 0 Å². The minimum Gasteiger partial charge on any atom is -0.493 e. The largest absolute Gasteiger partial charge is 0.493 e. The zero-order valence-electron chi connectivity index (χ0n) is 10.9. The van der Waals surface area contributed by atoms with E-state index in [-0.39, 0.29) is 6.10 Å². The van der Waals surface area contributed by atoms with Gasteiger partial charge in [-0.1, -0.05) is 15.9 Å². The fraction of sp³-hybridized carbons (Fsp3) is 0.538. The third kappa shape index (κ3) is 3.61. The van der Waals surface area contributed by atoms with Crippen LogP contribution >= 0.6 is 15.9 Å². The molecule has 1 aromatic rings. The van der Waals surface area contributed by atoms with Gasteiger partial charge in [-0.3, -0.25) is 0 Å². The molecule has 0 saturated carbocycles. The summed E-state index contributed by atoms with van der Waals surface area (Å²) in [5.41, 5.74) is -0.279. The Morgan fingerprint density at radius 1 is 1.29 bits per heavy atom. The molecule has 4 heteroatoms. The summed E-state index contributed by atoms with van der Waals surface area (Å²) in [5.74, 6) is 1.21. The zero-order chi connectivity index (χ0) is 13.2. The van der Waals surface area contributed by atoms with Gasteiger partial charge in [0, 0.05) is 10.0 Å². The Morgan fingerprint density at radius 3 is 2.29 bits per heavy atom. The first-order valence-electron chi connectivity index (χ1n) is 5.52. The summed E-state index contributed by atoms with van der Waals surface area (Å²) in [5, 5.41) is 10.2. The van der Waals surface area contributed by atoms with Crippen LogP contribution in [0.4, 0.5) is 0 Å². The highest BCUT2D eigenvalue weighted by atomic mass is 79.9. The quantitative estimate of drug-likeness (QED) is 0.925. The first-order chi connectivity index (χ1) is 7.75. The van der Waals surface area contributed by atoms with E-state index in [2.05, 4.69) is 15.9 Å². The van der Waals surface area contributed by atoms with Crippen LogP contribution in [0.5, 0.6) is 11.5 Å². The van der Waals surface area contributed by atoms with Crippen molar-refractivity contribution in [2.75, 3.05) is 7.11 Å². The molecule has 0 radical (unpaired) electrons. The van der Waals surface area contributed by atoms with E-state index in [0.717, 1.165) is 4.47 Å². The van der Waals surface area contributed by atoms with Crippen LogP contribution in [0.2, 0.25) is 0 Å². The van der Waals surface area contributed by atoms with E-state index in [0.29, 0.717) is 17.1 Å². The maximum atomic E-state index is 10.2. The van der Waals surface area contributed by atoms with Crippen LogP contribution in [0.15, 0.2) is 16.6 Å². The van der Waals surface area contributed by atoms with Gasteiger partial charge in [0.05, 0.1) is 18.8 Å². The predicted molar refractivity (Wildman–Crippen MR) is 71.7 cm³/mol. The van der Waals surface area contributed by atoms with Crippen LogP contribution in [0.3, 0.4) is 0 Å². The third-order valence-electron chi connectivity index (χ3n) is 2.25. The van der Waals surface area contributed by atoms with E-state index >= 15 is 0 Å². The first kappa shape index (κ1) is 14.3. The van der Waals surface area contributed by atoms with Gasteiger partial charge in [-0.05, 0) is 39.8 Å². The van der Waals surface area contributed by atoms with Crippen LogP contribution in [0.25, 0.3) is 0 Å². The molecule has 1 rings (SSSR count). The number of rotatable bonds is 4. The van der Waals surface area contributed by atoms with Gasteiger partial charge in [0.1, 0.15) is 0 Å². The van der Waals surface area contributed by atoms with E-state index in [1.54, 1.807) is 21.0 Å². The van der Waals surface area contributed by atoms with Gasteiger partial charge in [0.2, 0.25) is 0 Å². The van der Waals surface area contributed by atoms with Crippen molar-refractivity contribution in [2.24, 2.45) is 0 Å². The standard InChI is InChI=1S/C13H19BrO3/c1-8(2)17-12-10(13(3,4)15)6-9(14)7-11(12)16-5/h6-8,15H,1-5H3. The highest BCUT2D eigenvalue weighted by Gasteiger charge is 2.25. The summed E-state index contributed by atoms with van der Waals surface area (Å²) in [6.45, 7) is 7.33. The highest BCUT2D eigenvalue weighted by Crippen LogP contribution is 2.40. The summed E-state index contributed by atoms with van der Waals surface area (Å²) >= 11 is 3.40. The molecular formula is C13H19BrO3. The first-order valence-corrected chi connectivity index (χ1v) is 6.32. The smallest absolute Gasteiger partial charge is 0.167 e. The SMILES string of the molecule is COc1cc(Br)cc(C(C)(C)O)c1OC(C)C. The molecule has 0 heterocycles. The summed E-state index contributed by atoms with van der Waals surface area (Å²) in [6.07, 6.45) is 0.0196. The van der Waals surface area contributed by atoms with Gasteiger partial charge in [0.25, 0.3) is 0 Å². The molecule has 0 fully saturated rings. The highest BCUT2D eigenvalue weighted by molar-refractivity contribution is 9.10. The number of hydrogen-bond donors (Lipinski definition) is 1.